The van der Waals surface area contributed by atoms with Gasteiger partial charge < -0.3 is 15.5 Å². The molecule has 8 heteroatoms. The Morgan fingerprint density at radius 1 is 1.45 bits per heavy atom. The molecule has 0 bridgehead atoms. The number of aryl methyl sites for hydroxylation is 1. The molecule has 0 saturated heterocycles. The van der Waals surface area contributed by atoms with E-state index in [1.54, 1.807) is 0 Å². The van der Waals surface area contributed by atoms with Crippen molar-refractivity contribution in [3.63, 3.8) is 0 Å². The number of urea groups is 1. The van der Waals surface area contributed by atoms with Gasteiger partial charge in [-0.1, -0.05) is 17.4 Å². The lowest BCUT2D eigenvalue weighted by atomic mass is 10.2. The number of carbonyl (C=O) groups is 2. The van der Waals surface area contributed by atoms with E-state index in [1.807, 2.05) is 25.1 Å². The summed E-state index contributed by atoms with van der Waals surface area (Å²) in [6.45, 7) is 1.59. The van der Waals surface area contributed by atoms with Crippen LogP contribution in [-0.2, 0) is 4.79 Å². The summed E-state index contributed by atoms with van der Waals surface area (Å²) in [7, 11) is 0. The van der Waals surface area contributed by atoms with E-state index in [4.69, 9.17) is 10.2 Å². The van der Waals surface area contributed by atoms with Gasteiger partial charge in [0.05, 0.1) is 16.8 Å². The number of aliphatic carboxylic acids is 1. The largest absolute Gasteiger partial charge is 0.479 e. The van der Waals surface area contributed by atoms with Gasteiger partial charge in [-0.2, -0.15) is 0 Å². The number of thiazole rings is 1. The second kappa shape index (κ2) is 5.85. The van der Waals surface area contributed by atoms with Crippen LogP contribution >= 0.6 is 11.3 Å². The van der Waals surface area contributed by atoms with E-state index in [0.29, 0.717) is 5.13 Å². The molecular formula is C12H13N3O4S. The lowest BCUT2D eigenvalue weighted by molar-refractivity contribution is -0.146. The van der Waals surface area contributed by atoms with Crippen LogP contribution in [0.2, 0.25) is 0 Å². The highest BCUT2D eigenvalue weighted by Crippen LogP contribution is 2.26. The number of carboxylic acids is 1. The van der Waals surface area contributed by atoms with Crippen molar-refractivity contribution >= 4 is 38.7 Å². The molecule has 0 spiro atoms. The second-order valence-corrected chi connectivity index (χ2v) is 5.21. The number of aliphatic hydroxyl groups is 1. The molecule has 2 aromatic rings. The SMILES string of the molecule is Cc1ccc2nc(NC(=O)NCC(O)C(=O)O)sc2c1. The molecule has 20 heavy (non-hydrogen) atoms. The van der Waals surface area contributed by atoms with Gasteiger partial charge in [-0.15, -0.1) is 0 Å². The Bertz CT molecular complexity index is 655. The number of anilines is 1. The number of hydrogen-bond acceptors (Lipinski definition) is 5. The normalized spacial score (nSPS) is 12.1. The molecule has 1 unspecified atom stereocenters. The fourth-order valence-electron chi connectivity index (χ4n) is 1.50. The Balaban J connectivity index is 1.97. The van der Waals surface area contributed by atoms with Crippen molar-refractivity contribution in [2.45, 2.75) is 13.0 Å². The van der Waals surface area contributed by atoms with E-state index >= 15 is 0 Å². The third kappa shape index (κ3) is 3.43. The van der Waals surface area contributed by atoms with Crippen molar-refractivity contribution in [1.29, 1.82) is 0 Å². The number of fused-ring (bicyclic) bond motifs is 1. The molecule has 0 aliphatic rings. The zero-order valence-electron chi connectivity index (χ0n) is 10.6. The quantitative estimate of drug-likeness (QED) is 0.676. The van der Waals surface area contributed by atoms with Gasteiger partial charge in [0.1, 0.15) is 0 Å². The first kappa shape index (κ1) is 14.2. The van der Waals surface area contributed by atoms with Crippen LogP contribution in [0.15, 0.2) is 18.2 Å². The summed E-state index contributed by atoms with van der Waals surface area (Å²) in [5, 5.41) is 22.7. The first-order chi connectivity index (χ1) is 9.45. The number of rotatable bonds is 4. The maximum absolute atomic E-state index is 11.5. The van der Waals surface area contributed by atoms with Gasteiger partial charge >= 0.3 is 12.0 Å². The van der Waals surface area contributed by atoms with Gasteiger partial charge in [-0.05, 0) is 24.6 Å². The van der Waals surface area contributed by atoms with Crippen molar-refractivity contribution in [3.05, 3.63) is 23.8 Å². The summed E-state index contributed by atoms with van der Waals surface area (Å²) < 4.78 is 0.950. The number of nitrogens with one attached hydrogen (secondary N) is 2. The van der Waals surface area contributed by atoms with Crippen LogP contribution < -0.4 is 10.6 Å². The predicted octanol–water partition coefficient (Wildman–Crippen LogP) is 1.17. The fourth-order valence-corrected chi connectivity index (χ4v) is 2.46. The van der Waals surface area contributed by atoms with Gasteiger partial charge in [0.15, 0.2) is 11.2 Å². The van der Waals surface area contributed by atoms with Crippen LogP contribution in [0.1, 0.15) is 5.56 Å². The molecule has 4 N–H and O–H groups in total. The first-order valence-corrected chi connectivity index (χ1v) is 6.60. The monoisotopic (exact) mass is 295 g/mol. The number of aromatic nitrogens is 1. The molecule has 2 rings (SSSR count). The lowest BCUT2D eigenvalue weighted by Crippen LogP contribution is -2.38. The third-order valence-electron chi connectivity index (χ3n) is 2.51. The number of carboxylic acid groups (broad SMARTS) is 1. The van der Waals surface area contributed by atoms with E-state index in [-0.39, 0.29) is 6.54 Å². The fraction of sp³-hybridized carbons (Fsp3) is 0.250. The van der Waals surface area contributed by atoms with Crippen LogP contribution in [-0.4, -0.2) is 39.8 Å². The van der Waals surface area contributed by atoms with Crippen LogP contribution in [0, 0.1) is 6.92 Å². The van der Waals surface area contributed by atoms with Crippen molar-refractivity contribution in [2.24, 2.45) is 0 Å². The number of nitrogens with zero attached hydrogens (tertiary/aromatic N) is 1. The summed E-state index contributed by atoms with van der Waals surface area (Å²) in [5.41, 5.74) is 1.88. The molecule has 0 fully saturated rings. The highest BCUT2D eigenvalue weighted by molar-refractivity contribution is 7.22. The third-order valence-corrected chi connectivity index (χ3v) is 3.44. The minimum atomic E-state index is -1.63. The number of hydrogen-bond donors (Lipinski definition) is 4. The van der Waals surface area contributed by atoms with Gasteiger partial charge in [0, 0.05) is 0 Å². The molecule has 0 aliphatic heterocycles. The van der Waals surface area contributed by atoms with Gasteiger partial charge in [0.2, 0.25) is 0 Å². The molecule has 1 aromatic heterocycles. The zero-order chi connectivity index (χ0) is 14.7. The van der Waals surface area contributed by atoms with Gasteiger partial charge in [-0.3, -0.25) is 5.32 Å². The molecule has 1 aromatic carbocycles. The zero-order valence-corrected chi connectivity index (χ0v) is 11.4. The molecule has 2 amide bonds. The number of aliphatic hydroxyl groups excluding tert-OH is 1. The molecule has 1 heterocycles. The van der Waals surface area contributed by atoms with Crippen LogP contribution in [0.5, 0.6) is 0 Å². The predicted molar refractivity (Wildman–Crippen MR) is 75.0 cm³/mol. The summed E-state index contributed by atoms with van der Waals surface area (Å²) in [6, 6.07) is 5.14. The summed E-state index contributed by atoms with van der Waals surface area (Å²) in [6.07, 6.45) is -1.63. The minimum Gasteiger partial charge on any atom is -0.479 e. The Morgan fingerprint density at radius 2 is 2.20 bits per heavy atom. The standard InChI is InChI=1S/C12H13N3O4S/c1-6-2-3-7-9(4-6)20-12(14-7)15-11(19)13-5-8(16)10(17)18/h2-4,8,16H,5H2,1H3,(H,17,18)(H2,13,14,15,19). The van der Waals surface area contributed by atoms with Crippen molar-refractivity contribution in [2.75, 3.05) is 11.9 Å². The van der Waals surface area contributed by atoms with Crippen molar-refractivity contribution < 1.29 is 19.8 Å². The summed E-state index contributed by atoms with van der Waals surface area (Å²) >= 11 is 1.32. The Morgan fingerprint density at radius 3 is 2.90 bits per heavy atom. The van der Waals surface area contributed by atoms with E-state index in [0.717, 1.165) is 15.8 Å². The molecule has 0 aliphatic carbocycles. The molecule has 7 nitrogen and oxygen atoms in total. The maximum Gasteiger partial charge on any atom is 0.334 e. The van der Waals surface area contributed by atoms with Crippen molar-refractivity contribution in [1.82, 2.24) is 10.3 Å². The molecule has 1 atom stereocenters. The number of carbonyl (C=O) groups excluding carboxylic acids is 1. The Labute approximate surface area is 118 Å². The highest BCUT2D eigenvalue weighted by Gasteiger charge is 2.14. The van der Waals surface area contributed by atoms with Gasteiger partial charge in [-0.25, -0.2) is 14.6 Å². The lowest BCUT2D eigenvalue weighted by Gasteiger charge is -2.07. The van der Waals surface area contributed by atoms with E-state index in [2.05, 4.69) is 15.6 Å². The Hall–Kier alpha value is -2.19. The highest BCUT2D eigenvalue weighted by atomic mass is 32.1. The first-order valence-electron chi connectivity index (χ1n) is 5.78. The number of amides is 2. The number of benzene rings is 1. The summed E-state index contributed by atoms with van der Waals surface area (Å²) in [5.74, 6) is -1.39. The molecule has 0 radical (unpaired) electrons. The average molecular weight is 295 g/mol. The van der Waals surface area contributed by atoms with E-state index < -0.39 is 18.1 Å². The second-order valence-electron chi connectivity index (χ2n) is 4.18. The van der Waals surface area contributed by atoms with Crippen LogP contribution in [0.4, 0.5) is 9.93 Å². The molecule has 106 valence electrons. The van der Waals surface area contributed by atoms with E-state index in [9.17, 15) is 9.59 Å². The summed E-state index contributed by atoms with van der Waals surface area (Å²) in [4.78, 5) is 26.1. The van der Waals surface area contributed by atoms with Crippen LogP contribution in [0.25, 0.3) is 10.2 Å². The molecular weight excluding hydrogens is 282 g/mol. The minimum absolute atomic E-state index is 0.370. The smallest absolute Gasteiger partial charge is 0.334 e. The van der Waals surface area contributed by atoms with Crippen LogP contribution in [0.3, 0.4) is 0 Å². The average Bonchev–Trinajstić information content (AvgIpc) is 2.76. The molecule has 0 saturated carbocycles. The maximum atomic E-state index is 11.5. The van der Waals surface area contributed by atoms with E-state index in [1.165, 1.54) is 11.3 Å². The Kier molecular flexibility index (Phi) is 4.16. The van der Waals surface area contributed by atoms with Crippen molar-refractivity contribution in [3.8, 4) is 0 Å². The topological polar surface area (TPSA) is 112 Å². The van der Waals surface area contributed by atoms with Gasteiger partial charge in [0.25, 0.3) is 0 Å².